The van der Waals surface area contributed by atoms with Crippen LogP contribution in [0.3, 0.4) is 0 Å². The third kappa shape index (κ3) is 3.99. The summed E-state index contributed by atoms with van der Waals surface area (Å²) in [5.41, 5.74) is 0.357. The van der Waals surface area contributed by atoms with Crippen molar-refractivity contribution >= 4 is 23.5 Å². The number of anilines is 1. The van der Waals surface area contributed by atoms with E-state index in [1.807, 2.05) is 0 Å². The Morgan fingerprint density at radius 1 is 1.42 bits per heavy atom. The van der Waals surface area contributed by atoms with Gasteiger partial charge in [0.25, 0.3) is 0 Å². The molecule has 3 aromatic rings. The van der Waals surface area contributed by atoms with Crippen LogP contribution < -0.4 is 5.32 Å². The van der Waals surface area contributed by atoms with Gasteiger partial charge in [0.05, 0.1) is 5.56 Å². The van der Waals surface area contributed by atoms with Gasteiger partial charge < -0.3 is 9.84 Å². The Morgan fingerprint density at radius 3 is 3.00 bits per heavy atom. The van der Waals surface area contributed by atoms with Crippen LogP contribution in [0.25, 0.3) is 11.4 Å². The number of thioether (sulfide) groups is 1. The Bertz CT molecular complexity index is 848. The Morgan fingerprint density at radius 2 is 2.25 bits per heavy atom. The second-order valence-corrected chi connectivity index (χ2v) is 5.98. The van der Waals surface area contributed by atoms with E-state index >= 15 is 0 Å². The molecule has 0 saturated heterocycles. The molecular weight excluding hydrogens is 333 g/mol. The zero-order valence-corrected chi connectivity index (χ0v) is 13.6. The summed E-state index contributed by atoms with van der Waals surface area (Å²) >= 11 is 1.31. The maximum absolute atomic E-state index is 13.7. The Hall–Kier alpha value is -2.68. The van der Waals surface area contributed by atoms with Crippen LogP contribution in [0.5, 0.6) is 0 Å². The molecule has 0 atom stereocenters. The van der Waals surface area contributed by atoms with E-state index in [1.54, 1.807) is 31.2 Å². The summed E-state index contributed by atoms with van der Waals surface area (Å²) < 4.78 is 18.6. The Kier molecular flexibility index (Phi) is 4.90. The zero-order valence-electron chi connectivity index (χ0n) is 12.7. The molecular formula is C15H14FN5O2S. The van der Waals surface area contributed by atoms with Gasteiger partial charge in [0.15, 0.2) is 11.6 Å². The van der Waals surface area contributed by atoms with Gasteiger partial charge in [-0.3, -0.25) is 9.89 Å². The second-order valence-electron chi connectivity index (χ2n) is 4.92. The van der Waals surface area contributed by atoms with Gasteiger partial charge in [-0.05, 0) is 19.1 Å². The van der Waals surface area contributed by atoms with Crippen LogP contribution in [0.2, 0.25) is 0 Å². The van der Waals surface area contributed by atoms with Gasteiger partial charge in [0.1, 0.15) is 11.6 Å². The molecule has 2 N–H and O–H groups in total. The maximum Gasteiger partial charge on any atom is 0.226 e. The number of nitrogens with one attached hydrogen (secondary N) is 2. The Balaban J connectivity index is 1.51. The number of carbonyl (C=O) groups excluding carboxylic acids is 1. The van der Waals surface area contributed by atoms with Gasteiger partial charge in [-0.1, -0.05) is 29.1 Å². The van der Waals surface area contributed by atoms with E-state index in [1.165, 1.54) is 17.8 Å². The number of hydrogen-bond donors (Lipinski definition) is 2. The number of aromatic nitrogens is 4. The summed E-state index contributed by atoms with van der Waals surface area (Å²) in [6, 6.07) is 7.96. The van der Waals surface area contributed by atoms with Crippen molar-refractivity contribution in [2.45, 2.75) is 18.5 Å². The first-order valence-electron chi connectivity index (χ1n) is 7.15. The van der Waals surface area contributed by atoms with Crippen molar-refractivity contribution in [2.75, 3.05) is 11.1 Å². The molecule has 1 amide bonds. The van der Waals surface area contributed by atoms with E-state index in [0.717, 1.165) is 0 Å². The van der Waals surface area contributed by atoms with E-state index in [0.29, 0.717) is 33.9 Å². The van der Waals surface area contributed by atoms with Gasteiger partial charge in [0.2, 0.25) is 11.1 Å². The van der Waals surface area contributed by atoms with Gasteiger partial charge in [-0.15, -0.1) is 5.10 Å². The fourth-order valence-corrected chi connectivity index (χ4v) is 2.69. The number of hydrogen-bond acceptors (Lipinski definition) is 6. The highest BCUT2D eigenvalue weighted by atomic mass is 32.2. The summed E-state index contributed by atoms with van der Waals surface area (Å²) in [7, 11) is 0. The molecule has 1 aromatic carbocycles. The molecule has 7 nitrogen and oxygen atoms in total. The first kappa shape index (κ1) is 16.2. The molecule has 0 unspecified atom stereocenters. The first-order chi connectivity index (χ1) is 11.6. The molecule has 124 valence electrons. The van der Waals surface area contributed by atoms with Gasteiger partial charge >= 0.3 is 0 Å². The molecule has 0 saturated carbocycles. The number of nitrogens with zero attached hydrogens (tertiary/aromatic N) is 3. The number of rotatable bonds is 6. The van der Waals surface area contributed by atoms with Crippen LogP contribution in [0.4, 0.5) is 10.2 Å². The molecule has 9 heteroatoms. The highest BCUT2D eigenvalue weighted by molar-refractivity contribution is 7.99. The number of H-pyrrole nitrogens is 1. The van der Waals surface area contributed by atoms with Crippen LogP contribution in [0.1, 0.15) is 12.2 Å². The molecule has 0 radical (unpaired) electrons. The molecule has 2 aromatic heterocycles. The van der Waals surface area contributed by atoms with Crippen LogP contribution in [0, 0.1) is 12.7 Å². The lowest BCUT2D eigenvalue weighted by atomic mass is 10.2. The van der Waals surface area contributed by atoms with E-state index in [2.05, 4.69) is 25.7 Å². The second kappa shape index (κ2) is 7.26. The SMILES string of the molecule is Cc1cc(NC(=O)CCSc2n[nH]c(-c3ccccc3F)n2)no1. The Labute approximate surface area is 141 Å². The van der Waals surface area contributed by atoms with E-state index in [9.17, 15) is 9.18 Å². The third-order valence-electron chi connectivity index (χ3n) is 3.05. The summed E-state index contributed by atoms with van der Waals surface area (Å²) in [4.78, 5) is 16.0. The molecule has 24 heavy (non-hydrogen) atoms. The maximum atomic E-state index is 13.7. The molecule has 0 spiro atoms. The van der Waals surface area contributed by atoms with Crippen LogP contribution >= 0.6 is 11.8 Å². The molecule has 0 aliphatic rings. The minimum Gasteiger partial charge on any atom is -0.360 e. The average molecular weight is 347 g/mol. The molecule has 3 rings (SSSR count). The minimum atomic E-state index is -0.368. The fraction of sp³-hybridized carbons (Fsp3) is 0.200. The van der Waals surface area contributed by atoms with Crippen molar-refractivity contribution in [3.05, 3.63) is 41.9 Å². The third-order valence-corrected chi connectivity index (χ3v) is 3.90. The lowest BCUT2D eigenvalue weighted by Crippen LogP contribution is -2.12. The quantitative estimate of drug-likeness (QED) is 0.665. The highest BCUT2D eigenvalue weighted by Crippen LogP contribution is 2.22. The number of carbonyl (C=O) groups is 1. The zero-order chi connectivity index (χ0) is 16.9. The highest BCUT2D eigenvalue weighted by Gasteiger charge is 2.11. The molecule has 0 bridgehead atoms. The largest absolute Gasteiger partial charge is 0.360 e. The predicted octanol–water partition coefficient (Wildman–Crippen LogP) is 3.03. The molecule has 0 fully saturated rings. The molecule has 2 heterocycles. The number of aryl methyl sites for hydroxylation is 1. The van der Waals surface area contributed by atoms with Crippen molar-refractivity contribution < 1.29 is 13.7 Å². The topological polar surface area (TPSA) is 96.7 Å². The normalized spacial score (nSPS) is 10.8. The average Bonchev–Trinajstić information content (AvgIpc) is 3.17. The van der Waals surface area contributed by atoms with Crippen molar-refractivity contribution in [2.24, 2.45) is 0 Å². The summed E-state index contributed by atoms with van der Waals surface area (Å²) in [5, 5.41) is 13.5. The van der Waals surface area contributed by atoms with E-state index < -0.39 is 0 Å². The van der Waals surface area contributed by atoms with Crippen molar-refractivity contribution in [3.63, 3.8) is 0 Å². The first-order valence-corrected chi connectivity index (χ1v) is 8.13. The van der Waals surface area contributed by atoms with Crippen molar-refractivity contribution in [3.8, 4) is 11.4 Å². The number of aromatic amines is 1. The summed E-state index contributed by atoms with van der Waals surface area (Å²) in [6.07, 6.45) is 0.264. The summed E-state index contributed by atoms with van der Waals surface area (Å²) in [5.74, 6) is 1.31. The number of halogens is 1. The van der Waals surface area contributed by atoms with Crippen LogP contribution in [0.15, 0.2) is 40.0 Å². The van der Waals surface area contributed by atoms with Crippen molar-refractivity contribution in [1.29, 1.82) is 0 Å². The fourth-order valence-electron chi connectivity index (χ4n) is 1.95. The number of amides is 1. The molecule has 0 aliphatic heterocycles. The molecule has 0 aliphatic carbocycles. The smallest absolute Gasteiger partial charge is 0.226 e. The van der Waals surface area contributed by atoms with Gasteiger partial charge in [0, 0.05) is 18.2 Å². The lowest BCUT2D eigenvalue weighted by Gasteiger charge is -1.99. The van der Waals surface area contributed by atoms with Gasteiger partial charge in [-0.2, -0.15) is 0 Å². The van der Waals surface area contributed by atoms with E-state index in [4.69, 9.17) is 4.52 Å². The lowest BCUT2D eigenvalue weighted by molar-refractivity contribution is -0.115. The minimum absolute atomic E-state index is 0.180. The summed E-state index contributed by atoms with van der Waals surface area (Å²) in [6.45, 7) is 1.74. The monoisotopic (exact) mass is 347 g/mol. The predicted molar refractivity (Wildman–Crippen MR) is 87.0 cm³/mol. The van der Waals surface area contributed by atoms with Crippen LogP contribution in [-0.2, 0) is 4.79 Å². The van der Waals surface area contributed by atoms with Crippen molar-refractivity contribution in [1.82, 2.24) is 20.3 Å². The standard InChI is InChI=1S/C15H14FN5O2S/c1-9-8-12(21-23-9)17-13(22)6-7-24-15-18-14(19-20-15)10-4-2-3-5-11(10)16/h2-5,8H,6-7H2,1H3,(H,17,21,22)(H,18,19,20). The van der Waals surface area contributed by atoms with Gasteiger partial charge in [-0.25, -0.2) is 9.37 Å². The van der Waals surface area contributed by atoms with Crippen LogP contribution in [-0.4, -0.2) is 32.0 Å². The number of benzene rings is 1. The van der Waals surface area contributed by atoms with E-state index in [-0.39, 0.29) is 18.1 Å².